The quantitative estimate of drug-likeness (QED) is 0.765. The SMILES string of the molecule is CC1=CC(c2ccccc2)C2(C#N)CCSC2=N1. The van der Waals surface area contributed by atoms with Crippen LogP contribution in [0, 0.1) is 16.7 Å². The first kappa shape index (κ1) is 11.6. The number of hydrogen-bond acceptors (Lipinski definition) is 3. The lowest BCUT2D eigenvalue weighted by molar-refractivity contribution is 0.483. The number of benzene rings is 1. The van der Waals surface area contributed by atoms with Gasteiger partial charge in [-0.3, -0.25) is 0 Å². The van der Waals surface area contributed by atoms with Crippen LogP contribution < -0.4 is 0 Å². The van der Waals surface area contributed by atoms with Crippen molar-refractivity contribution in [1.29, 1.82) is 5.26 Å². The normalized spacial score (nSPS) is 30.1. The molecule has 1 aromatic carbocycles. The molecule has 2 atom stereocenters. The van der Waals surface area contributed by atoms with Crippen molar-refractivity contribution in [2.24, 2.45) is 10.4 Å². The summed E-state index contributed by atoms with van der Waals surface area (Å²) in [4.78, 5) is 4.58. The number of nitriles is 1. The molecule has 0 aliphatic carbocycles. The van der Waals surface area contributed by atoms with Gasteiger partial charge in [0.05, 0.1) is 11.1 Å². The minimum atomic E-state index is -0.425. The van der Waals surface area contributed by atoms with Crippen molar-refractivity contribution in [3.8, 4) is 6.07 Å². The summed E-state index contributed by atoms with van der Waals surface area (Å²) in [6, 6.07) is 12.9. The maximum absolute atomic E-state index is 9.70. The molecule has 1 saturated heterocycles. The number of allylic oxidation sites excluding steroid dienone is 2. The van der Waals surface area contributed by atoms with Crippen LogP contribution >= 0.6 is 11.8 Å². The Bertz CT molecular complexity index is 568. The lowest BCUT2D eigenvalue weighted by Crippen LogP contribution is -2.32. The molecule has 0 amide bonds. The average molecular weight is 254 g/mol. The topological polar surface area (TPSA) is 36.1 Å². The molecule has 90 valence electrons. The summed E-state index contributed by atoms with van der Waals surface area (Å²) in [7, 11) is 0. The van der Waals surface area contributed by atoms with Crippen LogP contribution in [0.25, 0.3) is 0 Å². The molecule has 2 aliphatic rings. The van der Waals surface area contributed by atoms with Crippen LogP contribution in [-0.4, -0.2) is 10.8 Å². The average Bonchev–Trinajstić information content (AvgIpc) is 2.82. The van der Waals surface area contributed by atoms with Crippen molar-refractivity contribution in [1.82, 2.24) is 0 Å². The Hall–Kier alpha value is -1.53. The van der Waals surface area contributed by atoms with E-state index in [1.807, 2.05) is 25.1 Å². The first-order valence-corrected chi connectivity index (χ1v) is 7.11. The molecule has 1 aromatic rings. The zero-order valence-corrected chi connectivity index (χ0v) is 11.1. The van der Waals surface area contributed by atoms with Crippen molar-refractivity contribution in [3.63, 3.8) is 0 Å². The van der Waals surface area contributed by atoms with Crippen LogP contribution in [0.1, 0.15) is 24.8 Å². The van der Waals surface area contributed by atoms with Gasteiger partial charge in [-0.25, -0.2) is 4.99 Å². The molecule has 2 aliphatic heterocycles. The second kappa shape index (κ2) is 4.29. The highest BCUT2D eigenvalue weighted by Crippen LogP contribution is 2.51. The molecule has 1 fully saturated rings. The third-order valence-electron chi connectivity index (χ3n) is 3.69. The van der Waals surface area contributed by atoms with E-state index >= 15 is 0 Å². The maximum Gasteiger partial charge on any atom is 0.116 e. The minimum Gasteiger partial charge on any atom is -0.250 e. The second-order valence-corrected chi connectivity index (χ2v) is 5.88. The van der Waals surface area contributed by atoms with Crippen LogP contribution in [0.3, 0.4) is 0 Å². The van der Waals surface area contributed by atoms with Gasteiger partial charge in [0.2, 0.25) is 0 Å². The predicted octanol–water partition coefficient (Wildman–Crippen LogP) is 3.73. The molecule has 2 unspecified atom stereocenters. The van der Waals surface area contributed by atoms with Crippen LogP contribution in [0.2, 0.25) is 0 Å². The monoisotopic (exact) mass is 254 g/mol. The first-order valence-electron chi connectivity index (χ1n) is 6.13. The molecule has 0 saturated carbocycles. The minimum absolute atomic E-state index is 0.145. The predicted molar refractivity (Wildman–Crippen MR) is 75.5 cm³/mol. The molecule has 0 bridgehead atoms. The van der Waals surface area contributed by atoms with Crippen LogP contribution in [-0.2, 0) is 0 Å². The number of rotatable bonds is 1. The molecule has 3 rings (SSSR count). The van der Waals surface area contributed by atoms with E-state index in [1.54, 1.807) is 11.8 Å². The first-order chi connectivity index (χ1) is 8.76. The summed E-state index contributed by atoms with van der Waals surface area (Å²) >= 11 is 1.74. The second-order valence-electron chi connectivity index (χ2n) is 4.79. The summed E-state index contributed by atoms with van der Waals surface area (Å²) in [5.74, 6) is 1.14. The van der Waals surface area contributed by atoms with Crippen LogP contribution in [0.5, 0.6) is 0 Å². The summed E-state index contributed by atoms with van der Waals surface area (Å²) in [5, 5.41) is 10.7. The summed E-state index contributed by atoms with van der Waals surface area (Å²) in [5.41, 5.74) is 1.82. The van der Waals surface area contributed by atoms with Gasteiger partial charge < -0.3 is 0 Å². The zero-order chi connectivity index (χ0) is 12.6. The van der Waals surface area contributed by atoms with E-state index in [1.165, 1.54) is 5.56 Å². The highest BCUT2D eigenvalue weighted by molar-refractivity contribution is 8.14. The molecule has 3 heteroatoms. The van der Waals surface area contributed by atoms with E-state index < -0.39 is 5.41 Å². The summed E-state index contributed by atoms with van der Waals surface area (Å²) in [6.45, 7) is 2.02. The van der Waals surface area contributed by atoms with Gasteiger partial charge in [-0.1, -0.05) is 36.4 Å². The van der Waals surface area contributed by atoms with E-state index in [0.717, 1.165) is 22.9 Å². The third-order valence-corrected chi connectivity index (χ3v) is 4.83. The van der Waals surface area contributed by atoms with Crippen molar-refractivity contribution in [2.75, 3.05) is 5.75 Å². The highest BCUT2D eigenvalue weighted by Gasteiger charge is 2.49. The van der Waals surface area contributed by atoms with Crippen molar-refractivity contribution < 1.29 is 0 Å². The molecule has 0 radical (unpaired) electrons. The number of fused-ring (bicyclic) bond motifs is 1. The lowest BCUT2D eigenvalue weighted by Gasteiger charge is -2.32. The van der Waals surface area contributed by atoms with E-state index in [-0.39, 0.29) is 5.92 Å². The lowest BCUT2D eigenvalue weighted by atomic mass is 9.70. The Balaban J connectivity index is 2.14. The number of hydrogen-bond donors (Lipinski definition) is 0. The van der Waals surface area contributed by atoms with E-state index in [4.69, 9.17) is 0 Å². The highest BCUT2D eigenvalue weighted by atomic mass is 32.2. The number of nitrogens with zero attached hydrogens (tertiary/aromatic N) is 2. The van der Waals surface area contributed by atoms with Crippen LogP contribution in [0.4, 0.5) is 0 Å². The molecule has 0 aromatic heterocycles. The van der Waals surface area contributed by atoms with Gasteiger partial charge >= 0.3 is 0 Å². The Morgan fingerprint density at radius 1 is 1.39 bits per heavy atom. The van der Waals surface area contributed by atoms with Gasteiger partial charge in [0.25, 0.3) is 0 Å². The Morgan fingerprint density at radius 2 is 2.17 bits per heavy atom. The number of thioether (sulfide) groups is 1. The molecule has 0 spiro atoms. The van der Waals surface area contributed by atoms with Gasteiger partial charge in [-0.2, -0.15) is 5.26 Å². The Kier molecular flexibility index (Phi) is 2.76. The van der Waals surface area contributed by atoms with Gasteiger partial charge in [-0.15, -0.1) is 11.8 Å². The van der Waals surface area contributed by atoms with E-state index in [2.05, 4.69) is 29.3 Å². The van der Waals surface area contributed by atoms with E-state index in [0.29, 0.717) is 0 Å². The fourth-order valence-electron chi connectivity index (χ4n) is 2.76. The molecule has 2 heterocycles. The van der Waals surface area contributed by atoms with Gasteiger partial charge in [0.1, 0.15) is 5.41 Å². The van der Waals surface area contributed by atoms with Gasteiger partial charge in [-0.05, 0) is 18.9 Å². The molecule has 0 N–H and O–H groups in total. The molecular weight excluding hydrogens is 240 g/mol. The third kappa shape index (κ3) is 1.60. The van der Waals surface area contributed by atoms with Crippen molar-refractivity contribution >= 4 is 16.8 Å². The van der Waals surface area contributed by atoms with E-state index in [9.17, 15) is 5.26 Å². The maximum atomic E-state index is 9.70. The molecule has 2 nitrogen and oxygen atoms in total. The summed E-state index contributed by atoms with van der Waals surface area (Å²) < 4.78 is 0. The van der Waals surface area contributed by atoms with Crippen molar-refractivity contribution in [3.05, 3.63) is 47.7 Å². The van der Waals surface area contributed by atoms with Gasteiger partial charge in [0, 0.05) is 17.4 Å². The standard InChI is InChI=1S/C15H14N2S/c1-11-9-13(12-5-3-2-4-6-12)15(10-16)7-8-18-14(15)17-11/h2-6,9,13H,7-8H2,1H3. The fraction of sp³-hybridized carbons (Fsp3) is 0.333. The molecular formula is C15H14N2S. The van der Waals surface area contributed by atoms with Crippen molar-refractivity contribution in [2.45, 2.75) is 19.3 Å². The largest absolute Gasteiger partial charge is 0.250 e. The Morgan fingerprint density at radius 3 is 2.89 bits per heavy atom. The zero-order valence-electron chi connectivity index (χ0n) is 10.3. The summed E-state index contributed by atoms with van der Waals surface area (Å²) in [6.07, 6.45) is 3.05. The molecule has 18 heavy (non-hydrogen) atoms. The Labute approximate surface area is 111 Å². The fourth-order valence-corrected chi connectivity index (χ4v) is 4.12. The van der Waals surface area contributed by atoms with Gasteiger partial charge in [0.15, 0.2) is 0 Å². The smallest absolute Gasteiger partial charge is 0.116 e. The van der Waals surface area contributed by atoms with Crippen LogP contribution in [0.15, 0.2) is 47.1 Å². The number of aliphatic imine (C=N–C) groups is 1.